The van der Waals surface area contributed by atoms with E-state index in [0.717, 1.165) is 29.7 Å². The van der Waals surface area contributed by atoms with E-state index < -0.39 is 11.6 Å². The van der Waals surface area contributed by atoms with Gasteiger partial charge in [-0.05, 0) is 60.7 Å². The van der Waals surface area contributed by atoms with Crippen molar-refractivity contribution in [1.29, 1.82) is 0 Å². The molecule has 8 rings (SSSR count). The Morgan fingerprint density at radius 3 is 2.11 bits per heavy atom. The largest absolute Gasteiger partial charge is 0.383 e. The molecule has 5 heteroatoms. The molecule has 4 aromatic carbocycles. The van der Waals surface area contributed by atoms with Gasteiger partial charge in [-0.1, -0.05) is 103 Å². The third-order valence-corrected chi connectivity index (χ3v) is 9.96. The summed E-state index contributed by atoms with van der Waals surface area (Å²) in [6, 6.07) is 39.1. The molecule has 1 N–H and O–H groups in total. The topological polar surface area (TPSA) is 46.2 Å². The third-order valence-electron chi connectivity index (χ3n) is 9.96. The molecule has 0 bridgehead atoms. The first-order valence-electron chi connectivity index (χ1n) is 15.9. The molecule has 2 aliphatic heterocycles. The molecular weight excluding hydrogens is 540 g/mol. The molecule has 5 nitrogen and oxygen atoms in total. The molecule has 44 heavy (non-hydrogen) atoms. The Hall–Kier alpha value is -4.45. The van der Waals surface area contributed by atoms with Gasteiger partial charge in [0.2, 0.25) is 0 Å². The zero-order chi connectivity index (χ0) is 29.7. The molecule has 0 radical (unpaired) electrons. The molecule has 2 unspecified atom stereocenters. The number of aromatic nitrogens is 3. The minimum Gasteiger partial charge on any atom is -0.383 e. The summed E-state index contributed by atoms with van der Waals surface area (Å²) in [6.07, 6.45) is 6.52. The number of aliphatic hydroxyl groups excluding tert-OH is 1. The van der Waals surface area contributed by atoms with Gasteiger partial charge in [-0.25, -0.2) is 4.98 Å². The second-order valence-electron chi connectivity index (χ2n) is 12.4. The molecule has 0 spiro atoms. The summed E-state index contributed by atoms with van der Waals surface area (Å²) in [5, 5.41) is 13.6. The number of hydrogen-bond acceptors (Lipinski definition) is 3. The molecule has 2 aliphatic rings. The van der Waals surface area contributed by atoms with Crippen molar-refractivity contribution < 1.29 is 5.11 Å². The number of benzene rings is 4. The van der Waals surface area contributed by atoms with E-state index in [1.807, 2.05) is 12.4 Å². The van der Waals surface area contributed by atoms with Crippen LogP contribution in [-0.4, -0.2) is 37.2 Å². The monoisotopic (exact) mass is 578 g/mol. The number of fused-ring (bicyclic) bond motifs is 5. The summed E-state index contributed by atoms with van der Waals surface area (Å²) < 4.78 is 4.61. The SMILES string of the molecule is Cc1ccc2c(c1)c1c(n2CC(O)c2nccn2C(c2ccccc2)(c2ccccc2)c2ccccc2)CCN2CCCC12. The van der Waals surface area contributed by atoms with Gasteiger partial charge < -0.3 is 14.2 Å². The number of hydrogen-bond donors (Lipinski definition) is 1. The summed E-state index contributed by atoms with van der Waals surface area (Å²) >= 11 is 0. The molecule has 0 amide bonds. The van der Waals surface area contributed by atoms with Crippen LogP contribution in [0.25, 0.3) is 10.9 Å². The van der Waals surface area contributed by atoms with Gasteiger partial charge in [0.1, 0.15) is 17.5 Å². The van der Waals surface area contributed by atoms with Gasteiger partial charge in [0.15, 0.2) is 0 Å². The predicted molar refractivity (Wildman–Crippen MR) is 176 cm³/mol. The van der Waals surface area contributed by atoms with Gasteiger partial charge in [0, 0.05) is 48.0 Å². The van der Waals surface area contributed by atoms with E-state index in [4.69, 9.17) is 4.98 Å². The van der Waals surface area contributed by atoms with Crippen molar-refractivity contribution in [3.05, 3.63) is 161 Å². The Labute approximate surface area is 259 Å². The predicted octanol–water partition coefficient (Wildman–Crippen LogP) is 7.41. The second kappa shape index (κ2) is 10.9. The standard InChI is InChI=1S/C39H38N4O/c1-28-19-20-33-32(26-28)37-34-18-11-23-41(34)24-21-35(37)42(33)27-36(44)38-40-22-25-43(38)39(29-12-5-2-6-13-29,30-14-7-3-8-15-30)31-16-9-4-10-17-31/h2-10,12-17,19-20,22,25-26,34,36,44H,11,18,21,23-24,27H2,1H3. The zero-order valence-corrected chi connectivity index (χ0v) is 25.2. The van der Waals surface area contributed by atoms with E-state index in [1.54, 1.807) is 0 Å². The van der Waals surface area contributed by atoms with E-state index >= 15 is 0 Å². The zero-order valence-electron chi connectivity index (χ0n) is 25.2. The van der Waals surface area contributed by atoms with Crippen LogP contribution < -0.4 is 0 Å². The van der Waals surface area contributed by atoms with Crippen LogP contribution in [0.15, 0.2) is 122 Å². The highest BCUT2D eigenvalue weighted by molar-refractivity contribution is 5.87. The smallest absolute Gasteiger partial charge is 0.140 e. The Morgan fingerprint density at radius 2 is 1.48 bits per heavy atom. The van der Waals surface area contributed by atoms with Gasteiger partial charge in [-0.3, -0.25) is 4.90 Å². The van der Waals surface area contributed by atoms with Crippen molar-refractivity contribution in [2.45, 2.75) is 50.4 Å². The minimum absolute atomic E-state index is 0.451. The lowest BCUT2D eigenvalue weighted by atomic mass is 9.76. The van der Waals surface area contributed by atoms with Gasteiger partial charge in [-0.2, -0.15) is 0 Å². The van der Waals surface area contributed by atoms with Crippen molar-refractivity contribution in [3.63, 3.8) is 0 Å². The summed E-state index contributed by atoms with van der Waals surface area (Å²) in [7, 11) is 0. The van der Waals surface area contributed by atoms with E-state index in [2.05, 4.69) is 130 Å². The number of aryl methyl sites for hydroxylation is 1. The fourth-order valence-electron chi connectivity index (χ4n) is 8.12. The van der Waals surface area contributed by atoms with Crippen LogP contribution in [0.5, 0.6) is 0 Å². The van der Waals surface area contributed by atoms with Crippen molar-refractivity contribution in [2.24, 2.45) is 0 Å². The maximum absolute atomic E-state index is 12.3. The molecule has 1 saturated heterocycles. The van der Waals surface area contributed by atoms with Crippen LogP contribution in [0.1, 0.15) is 64.3 Å². The lowest BCUT2D eigenvalue weighted by molar-refractivity contribution is 0.138. The van der Waals surface area contributed by atoms with Gasteiger partial charge in [0.25, 0.3) is 0 Å². The number of nitrogens with zero attached hydrogens (tertiary/aromatic N) is 4. The first-order chi connectivity index (χ1) is 21.7. The van der Waals surface area contributed by atoms with Crippen molar-refractivity contribution >= 4 is 10.9 Å². The van der Waals surface area contributed by atoms with E-state index in [1.165, 1.54) is 47.1 Å². The highest BCUT2D eigenvalue weighted by Crippen LogP contribution is 2.45. The normalized spacial score (nSPS) is 17.5. The van der Waals surface area contributed by atoms with Crippen LogP contribution in [0.4, 0.5) is 0 Å². The summed E-state index contributed by atoms with van der Waals surface area (Å²) in [5.41, 5.74) is 7.98. The molecule has 1 fully saturated rings. The van der Waals surface area contributed by atoms with Crippen LogP contribution in [0.3, 0.4) is 0 Å². The van der Waals surface area contributed by atoms with Crippen molar-refractivity contribution in [2.75, 3.05) is 13.1 Å². The molecule has 2 atom stereocenters. The average Bonchev–Trinajstić information content (AvgIpc) is 3.82. The summed E-state index contributed by atoms with van der Waals surface area (Å²) in [5.74, 6) is 0.655. The number of aliphatic hydroxyl groups is 1. The highest BCUT2D eigenvalue weighted by Gasteiger charge is 2.41. The van der Waals surface area contributed by atoms with E-state index in [-0.39, 0.29) is 0 Å². The van der Waals surface area contributed by atoms with Crippen LogP contribution in [0.2, 0.25) is 0 Å². The first-order valence-corrected chi connectivity index (χ1v) is 15.9. The molecule has 0 saturated carbocycles. The van der Waals surface area contributed by atoms with Gasteiger partial charge >= 0.3 is 0 Å². The van der Waals surface area contributed by atoms with Gasteiger partial charge in [0.05, 0.1) is 6.54 Å². The Morgan fingerprint density at radius 1 is 0.841 bits per heavy atom. The number of imidazole rings is 1. The van der Waals surface area contributed by atoms with Crippen molar-refractivity contribution in [1.82, 2.24) is 19.0 Å². The fraction of sp³-hybridized carbons (Fsp3) is 0.256. The Balaban J connectivity index is 1.30. The Bertz CT molecular complexity index is 1810. The molecule has 0 aliphatic carbocycles. The van der Waals surface area contributed by atoms with Crippen LogP contribution in [0, 0.1) is 6.92 Å². The van der Waals surface area contributed by atoms with E-state index in [9.17, 15) is 5.11 Å². The quantitative estimate of drug-likeness (QED) is 0.201. The molecular formula is C39H38N4O. The first kappa shape index (κ1) is 27.1. The second-order valence-corrected chi connectivity index (χ2v) is 12.4. The lowest BCUT2D eigenvalue weighted by Crippen LogP contribution is -2.39. The van der Waals surface area contributed by atoms with Crippen LogP contribution in [-0.2, 0) is 18.5 Å². The molecule has 6 aromatic rings. The fourth-order valence-corrected chi connectivity index (χ4v) is 8.12. The minimum atomic E-state index is -0.817. The summed E-state index contributed by atoms with van der Waals surface area (Å²) in [4.78, 5) is 7.55. The maximum Gasteiger partial charge on any atom is 0.140 e. The third kappa shape index (κ3) is 4.18. The highest BCUT2D eigenvalue weighted by atomic mass is 16.3. The van der Waals surface area contributed by atoms with E-state index in [0.29, 0.717) is 18.4 Å². The molecule has 4 heterocycles. The van der Waals surface area contributed by atoms with Gasteiger partial charge in [-0.15, -0.1) is 0 Å². The van der Waals surface area contributed by atoms with Crippen molar-refractivity contribution in [3.8, 4) is 0 Å². The maximum atomic E-state index is 12.3. The average molecular weight is 579 g/mol. The Kier molecular flexibility index (Phi) is 6.73. The number of rotatable bonds is 7. The summed E-state index contributed by atoms with van der Waals surface area (Å²) in [6.45, 7) is 4.90. The molecule has 220 valence electrons. The van der Waals surface area contributed by atoms with Crippen LogP contribution >= 0.6 is 0 Å². The molecule has 2 aromatic heterocycles. The lowest BCUT2D eigenvalue weighted by Gasteiger charge is -2.39.